The molecule has 90 valence electrons. The molecule has 0 aliphatic heterocycles. The topological polar surface area (TPSA) is 24.1 Å². The van der Waals surface area contributed by atoms with Gasteiger partial charge in [-0.1, -0.05) is 32.9 Å². The summed E-state index contributed by atoms with van der Waals surface area (Å²) in [6, 6.07) is 8.51. The van der Waals surface area contributed by atoms with Gasteiger partial charge in [0.05, 0.1) is 0 Å². The van der Waals surface area contributed by atoms with Gasteiger partial charge in [-0.3, -0.25) is 0 Å². The summed E-state index contributed by atoms with van der Waals surface area (Å²) in [7, 11) is 1.95. The molecule has 0 atom stereocenters. The Kier molecular flexibility index (Phi) is 4.81. The van der Waals surface area contributed by atoms with Gasteiger partial charge in [0.15, 0.2) is 0 Å². The molecule has 0 heterocycles. The number of anilines is 1. The van der Waals surface area contributed by atoms with Crippen molar-refractivity contribution >= 4 is 5.69 Å². The van der Waals surface area contributed by atoms with E-state index in [2.05, 4.69) is 55.7 Å². The lowest BCUT2D eigenvalue weighted by molar-refractivity contribution is 0.366. The van der Waals surface area contributed by atoms with Gasteiger partial charge >= 0.3 is 0 Å². The fourth-order valence-electron chi connectivity index (χ4n) is 1.53. The van der Waals surface area contributed by atoms with E-state index in [0.717, 1.165) is 13.1 Å². The number of nitrogens with one attached hydrogen (secondary N) is 2. The first-order chi connectivity index (χ1) is 7.51. The van der Waals surface area contributed by atoms with Gasteiger partial charge in [-0.15, -0.1) is 0 Å². The van der Waals surface area contributed by atoms with Gasteiger partial charge in [0, 0.05) is 19.3 Å². The molecule has 0 saturated carbocycles. The van der Waals surface area contributed by atoms with Gasteiger partial charge in [-0.25, -0.2) is 0 Å². The molecule has 0 amide bonds. The molecule has 0 bridgehead atoms. The van der Waals surface area contributed by atoms with Gasteiger partial charge in [-0.2, -0.15) is 0 Å². The van der Waals surface area contributed by atoms with E-state index in [1.165, 1.54) is 17.7 Å². The molecule has 0 radical (unpaired) electrons. The fraction of sp³-hybridized carbons (Fsp3) is 0.571. The number of hydrogen-bond donors (Lipinski definition) is 2. The SMILES string of the molecule is CNc1cccc(CNCCC(C)(C)C)c1. The summed E-state index contributed by atoms with van der Waals surface area (Å²) in [6.45, 7) is 8.85. The Morgan fingerprint density at radius 3 is 2.56 bits per heavy atom. The second-order valence-electron chi connectivity index (χ2n) is 5.44. The van der Waals surface area contributed by atoms with E-state index in [1.54, 1.807) is 0 Å². The Morgan fingerprint density at radius 2 is 1.94 bits per heavy atom. The number of benzene rings is 1. The van der Waals surface area contributed by atoms with Crippen LogP contribution in [0.1, 0.15) is 32.8 Å². The number of hydrogen-bond acceptors (Lipinski definition) is 2. The van der Waals surface area contributed by atoms with Crippen LogP contribution in [0.4, 0.5) is 5.69 Å². The van der Waals surface area contributed by atoms with Gasteiger partial charge < -0.3 is 10.6 Å². The van der Waals surface area contributed by atoms with Crippen LogP contribution in [0.5, 0.6) is 0 Å². The predicted molar refractivity (Wildman–Crippen MR) is 71.8 cm³/mol. The molecule has 16 heavy (non-hydrogen) atoms. The standard InChI is InChI=1S/C14H24N2/c1-14(2,3)8-9-16-11-12-6-5-7-13(10-12)15-4/h5-7,10,15-16H,8-9,11H2,1-4H3. The molecular weight excluding hydrogens is 196 g/mol. The first-order valence-electron chi connectivity index (χ1n) is 5.99. The predicted octanol–water partition coefficient (Wildman–Crippen LogP) is 3.25. The van der Waals surface area contributed by atoms with E-state index in [9.17, 15) is 0 Å². The Labute approximate surface area is 99.5 Å². The summed E-state index contributed by atoms with van der Waals surface area (Å²) in [5.41, 5.74) is 2.93. The summed E-state index contributed by atoms with van der Waals surface area (Å²) in [4.78, 5) is 0. The van der Waals surface area contributed by atoms with Crippen LogP contribution in [0.25, 0.3) is 0 Å². The van der Waals surface area contributed by atoms with Crippen molar-refractivity contribution in [2.45, 2.75) is 33.7 Å². The first kappa shape index (κ1) is 13.0. The van der Waals surface area contributed by atoms with E-state index in [1.807, 2.05) is 7.05 Å². The maximum absolute atomic E-state index is 3.48. The highest BCUT2D eigenvalue weighted by molar-refractivity contribution is 5.44. The van der Waals surface area contributed by atoms with Crippen molar-refractivity contribution in [1.82, 2.24) is 5.32 Å². The third kappa shape index (κ3) is 5.17. The Bertz CT molecular complexity index is 313. The quantitative estimate of drug-likeness (QED) is 0.744. The lowest BCUT2D eigenvalue weighted by Gasteiger charge is -2.18. The van der Waals surface area contributed by atoms with Crippen LogP contribution in [0, 0.1) is 5.41 Å². The normalized spacial score (nSPS) is 11.5. The van der Waals surface area contributed by atoms with Crippen molar-refractivity contribution in [3.63, 3.8) is 0 Å². The van der Waals surface area contributed by atoms with Crippen molar-refractivity contribution < 1.29 is 0 Å². The highest BCUT2D eigenvalue weighted by Gasteiger charge is 2.08. The highest BCUT2D eigenvalue weighted by atomic mass is 14.9. The molecular formula is C14H24N2. The molecule has 2 N–H and O–H groups in total. The van der Waals surface area contributed by atoms with Gasteiger partial charge in [0.2, 0.25) is 0 Å². The maximum Gasteiger partial charge on any atom is 0.0340 e. The Hall–Kier alpha value is -1.02. The second-order valence-corrected chi connectivity index (χ2v) is 5.44. The molecule has 1 aromatic rings. The Morgan fingerprint density at radius 1 is 1.19 bits per heavy atom. The van der Waals surface area contributed by atoms with E-state index < -0.39 is 0 Å². The third-order valence-electron chi connectivity index (χ3n) is 2.60. The van der Waals surface area contributed by atoms with Gasteiger partial charge in [-0.05, 0) is 36.1 Å². The van der Waals surface area contributed by atoms with Crippen LogP contribution in [-0.4, -0.2) is 13.6 Å². The Balaban J connectivity index is 2.32. The van der Waals surface area contributed by atoms with Crippen LogP contribution >= 0.6 is 0 Å². The zero-order chi connectivity index (χ0) is 12.0. The van der Waals surface area contributed by atoms with Crippen molar-refractivity contribution in [3.05, 3.63) is 29.8 Å². The molecule has 2 heteroatoms. The molecule has 0 fully saturated rings. The minimum atomic E-state index is 0.416. The summed E-state index contributed by atoms with van der Waals surface area (Å²) in [5.74, 6) is 0. The lowest BCUT2D eigenvalue weighted by atomic mass is 9.92. The lowest BCUT2D eigenvalue weighted by Crippen LogP contribution is -2.20. The average molecular weight is 220 g/mol. The van der Waals surface area contributed by atoms with Gasteiger partial charge in [0.25, 0.3) is 0 Å². The van der Waals surface area contributed by atoms with Crippen LogP contribution in [0.15, 0.2) is 24.3 Å². The summed E-state index contributed by atoms with van der Waals surface area (Å²) < 4.78 is 0. The van der Waals surface area contributed by atoms with Crippen molar-refractivity contribution in [2.24, 2.45) is 5.41 Å². The van der Waals surface area contributed by atoms with E-state index in [0.29, 0.717) is 5.41 Å². The highest BCUT2D eigenvalue weighted by Crippen LogP contribution is 2.17. The van der Waals surface area contributed by atoms with Gasteiger partial charge in [0.1, 0.15) is 0 Å². The summed E-state index contributed by atoms with van der Waals surface area (Å²) in [6.07, 6.45) is 1.21. The first-order valence-corrected chi connectivity index (χ1v) is 5.99. The average Bonchev–Trinajstić information content (AvgIpc) is 2.23. The number of rotatable bonds is 5. The third-order valence-corrected chi connectivity index (χ3v) is 2.60. The molecule has 0 aliphatic rings. The van der Waals surface area contributed by atoms with Crippen LogP contribution < -0.4 is 10.6 Å². The maximum atomic E-state index is 3.48. The molecule has 0 unspecified atom stereocenters. The largest absolute Gasteiger partial charge is 0.388 e. The molecule has 0 aliphatic carbocycles. The minimum absolute atomic E-state index is 0.416. The van der Waals surface area contributed by atoms with Crippen LogP contribution in [0.2, 0.25) is 0 Å². The second kappa shape index (κ2) is 5.90. The molecule has 0 spiro atoms. The fourth-order valence-corrected chi connectivity index (χ4v) is 1.53. The minimum Gasteiger partial charge on any atom is -0.388 e. The van der Waals surface area contributed by atoms with Crippen LogP contribution in [0.3, 0.4) is 0 Å². The van der Waals surface area contributed by atoms with E-state index in [4.69, 9.17) is 0 Å². The van der Waals surface area contributed by atoms with E-state index >= 15 is 0 Å². The molecule has 2 nitrogen and oxygen atoms in total. The summed E-state index contributed by atoms with van der Waals surface area (Å²) >= 11 is 0. The van der Waals surface area contributed by atoms with E-state index in [-0.39, 0.29) is 0 Å². The zero-order valence-corrected chi connectivity index (χ0v) is 10.9. The molecule has 1 aromatic carbocycles. The smallest absolute Gasteiger partial charge is 0.0340 e. The van der Waals surface area contributed by atoms with Crippen LogP contribution in [-0.2, 0) is 6.54 Å². The van der Waals surface area contributed by atoms with Crippen molar-refractivity contribution in [1.29, 1.82) is 0 Å². The molecule has 0 aromatic heterocycles. The van der Waals surface area contributed by atoms with Crippen molar-refractivity contribution in [3.8, 4) is 0 Å². The zero-order valence-electron chi connectivity index (χ0n) is 10.9. The van der Waals surface area contributed by atoms with Crippen molar-refractivity contribution in [2.75, 3.05) is 18.9 Å². The monoisotopic (exact) mass is 220 g/mol. The molecule has 0 saturated heterocycles. The molecule has 1 rings (SSSR count). The summed E-state index contributed by atoms with van der Waals surface area (Å²) in [5, 5.41) is 6.64.